The molecule has 2 heterocycles. The minimum Gasteiger partial charge on any atom is -0.323 e. The molecule has 2 fully saturated rings. The lowest BCUT2D eigenvalue weighted by Gasteiger charge is -2.38. The number of rotatable bonds is 7. The van der Waals surface area contributed by atoms with Crippen LogP contribution >= 0.6 is 48.1 Å². The molecular weight excluding hydrogens is 494 g/mol. The first-order chi connectivity index (χ1) is 14.6. The van der Waals surface area contributed by atoms with Gasteiger partial charge in [-0.3, -0.25) is 14.5 Å². The molecule has 2 N–H and O–H groups in total. The average Bonchev–Trinajstić information content (AvgIpc) is 3.48. The summed E-state index contributed by atoms with van der Waals surface area (Å²) in [6, 6.07) is 5.90. The molecule has 32 heavy (non-hydrogen) atoms. The summed E-state index contributed by atoms with van der Waals surface area (Å²) in [5.74, 6) is -0.268. The molecule has 2 atom stereocenters. The molecule has 0 bridgehead atoms. The van der Waals surface area contributed by atoms with Crippen molar-refractivity contribution in [2.24, 2.45) is 11.7 Å². The van der Waals surface area contributed by atoms with E-state index in [-0.39, 0.29) is 59.2 Å². The zero-order chi connectivity index (χ0) is 21.1. The number of thioether (sulfide) groups is 1. The number of hydrogen-bond acceptors (Lipinski definition) is 8. The molecule has 0 radical (unpaired) electrons. The van der Waals surface area contributed by atoms with E-state index in [1.165, 1.54) is 29.4 Å². The third kappa shape index (κ3) is 6.36. The highest BCUT2D eigenvalue weighted by atomic mass is 35.5. The van der Waals surface area contributed by atoms with Gasteiger partial charge in [0.15, 0.2) is 5.78 Å². The van der Waals surface area contributed by atoms with Crippen LogP contribution in [0.4, 0.5) is 4.39 Å². The monoisotopic (exact) mass is 518 g/mol. The Morgan fingerprint density at radius 1 is 1.28 bits per heavy atom. The third-order valence-corrected chi connectivity index (χ3v) is 7.22. The van der Waals surface area contributed by atoms with E-state index in [1.54, 1.807) is 18.2 Å². The van der Waals surface area contributed by atoms with Crippen molar-refractivity contribution in [2.75, 3.05) is 19.6 Å². The first kappa shape index (κ1) is 26.9. The van der Waals surface area contributed by atoms with Crippen molar-refractivity contribution in [2.45, 2.75) is 30.6 Å². The Labute approximate surface area is 207 Å². The van der Waals surface area contributed by atoms with Gasteiger partial charge in [0.1, 0.15) is 5.82 Å². The summed E-state index contributed by atoms with van der Waals surface area (Å²) in [6.45, 7) is 1.04. The quantitative estimate of drug-likeness (QED) is 0.593. The van der Waals surface area contributed by atoms with E-state index in [2.05, 4.69) is 9.59 Å². The fourth-order valence-electron chi connectivity index (χ4n) is 3.83. The highest BCUT2D eigenvalue weighted by molar-refractivity contribution is 8.14. The molecule has 2 unspecified atom stereocenters. The van der Waals surface area contributed by atoms with Gasteiger partial charge in [0.2, 0.25) is 5.12 Å². The summed E-state index contributed by atoms with van der Waals surface area (Å²) in [6.07, 6.45) is 4.34. The Morgan fingerprint density at radius 3 is 2.66 bits per heavy atom. The predicted octanol–water partition coefficient (Wildman–Crippen LogP) is 3.92. The van der Waals surface area contributed by atoms with Crippen molar-refractivity contribution in [1.82, 2.24) is 14.5 Å². The van der Waals surface area contributed by atoms with Crippen LogP contribution in [0.5, 0.6) is 0 Å². The lowest BCUT2D eigenvalue weighted by Crippen LogP contribution is -2.43. The van der Waals surface area contributed by atoms with Crippen molar-refractivity contribution >= 4 is 65.1 Å². The Hall–Kier alpha value is -1.36. The van der Waals surface area contributed by atoms with E-state index in [1.807, 2.05) is 16.4 Å². The number of nitrogens with two attached hydrogens (primary N) is 1. The molecule has 0 spiro atoms. The van der Waals surface area contributed by atoms with Crippen molar-refractivity contribution in [3.8, 4) is 0 Å². The van der Waals surface area contributed by atoms with Gasteiger partial charge in [-0.1, -0.05) is 34.4 Å². The molecule has 6 nitrogen and oxygen atoms in total. The standard InChI is InChI=1S/C21H23FN4O2S2.2ClH/c22-17-4-2-1-3-16(17)20(21(28)13-5-6-13)26-8-7-18(30-19(27)10-23)14(11-26)9-15-12-29-25-24-15;;/h1-4,9,12-13,18,20H,5-8,10-11,23H2;2*1H/b14-9+;;. The molecule has 1 aliphatic heterocycles. The second kappa shape index (κ2) is 12.2. The Morgan fingerprint density at radius 2 is 2.03 bits per heavy atom. The lowest BCUT2D eigenvalue weighted by atomic mass is 9.93. The van der Waals surface area contributed by atoms with Crippen LogP contribution in [0.25, 0.3) is 6.08 Å². The normalized spacial score (nSPS) is 20.8. The number of piperidine rings is 1. The smallest absolute Gasteiger partial charge is 0.203 e. The topological polar surface area (TPSA) is 89.2 Å². The number of Topliss-reactive ketones (excluding diaryl/α,β-unsaturated/α-hetero) is 1. The summed E-state index contributed by atoms with van der Waals surface area (Å²) >= 11 is 2.48. The maximum Gasteiger partial charge on any atom is 0.203 e. The summed E-state index contributed by atoms with van der Waals surface area (Å²) in [5.41, 5.74) is 7.63. The number of hydrogen-bond donors (Lipinski definition) is 1. The highest BCUT2D eigenvalue weighted by Gasteiger charge is 2.41. The fraction of sp³-hybridized carbons (Fsp3) is 0.429. The first-order valence-electron chi connectivity index (χ1n) is 9.96. The van der Waals surface area contributed by atoms with Gasteiger partial charge >= 0.3 is 0 Å². The van der Waals surface area contributed by atoms with E-state index in [0.29, 0.717) is 25.1 Å². The molecule has 1 saturated heterocycles. The van der Waals surface area contributed by atoms with Crippen LogP contribution in [0.15, 0.2) is 35.2 Å². The Kier molecular flexibility index (Phi) is 10.3. The summed E-state index contributed by atoms with van der Waals surface area (Å²) in [5, 5.41) is 5.80. The molecule has 1 aromatic carbocycles. The minimum atomic E-state index is -0.619. The Bertz CT molecular complexity index is 957. The molecule has 1 aromatic heterocycles. The van der Waals surface area contributed by atoms with Crippen LogP contribution < -0.4 is 5.73 Å². The molecule has 1 saturated carbocycles. The van der Waals surface area contributed by atoms with Gasteiger partial charge in [-0.05, 0) is 48.5 Å². The van der Waals surface area contributed by atoms with E-state index in [9.17, 15) is 14.0 Å². The number of carbonyl (C=O) groups excluding carboxylic acids is 2. The molecule has 4 rings (SSSR count). The molecule has 2 aliphatic rings. The number of benzene rings is 1. The van der Waals surface area contributed by atoms with Crippen molar-refractivity contribution < 1.29 is 14.0 Å². The summed E-state index contributed by atoms with van der Waals surface area (Å²) in [4.78, 5) is 27.2. The van der Waals surface area contributed by atoms with Crippen molar-refractivity contribution in [3.63, 3.8) is 0 Å². The van der Waals surface area contributed by atoms with Crippen LogP contribution in [0, 0.1) is 11.7 Å². The fourth-order valence-corrected chi connectivity index (χ4v) is 5.17. The van der Waals surface area contributed by atoms with Gasteiger partial charge in [0.25, 0.3) is 0 Å². The SMILES string of the molecule is Cl.Cl.NCC(=O)SC1CCN(C(C(=O)C2CC2)c2ccccc2F)C/C1=C\c1csnn1. The number of nitrogens with zero attached hydrogens (tertiary/aromatic N) is 3. The molecule has 1 aliphatic carbocycles. The predicted molar refractivity (Wildman–Crippen MR) is 131 cm³/mol. The molecular formula is C21H25Cl2FN4O2S2. The zero-order valence-electron chi connectivity index (χ0n) is 17.2. The third-order valence-electron chi connectivity index (χ3n) is 5.44. The van der Waals surface area contributed by atoms with E-state index in [4.69, 9.17) is 5.73 Å². The van der Waals surface area contributed by atoms with Gasteiger partial charge in [-0.15, -0.1) is 29.9 Å². The van der Waals surface area contributed by atoms with Crippen LogP contribution in [0.1, 0.15) is 36.6 Å². The van der Waals surface area contributed by atoms with Gasteiger partial charge in [0.05, 0.1) is 18.3 Å². The average molecular weight is 519 g/mol. The maximum absolute atomic E-state index is 14.7. The molecule has 174 valence electrons. The number of likely N-dealkylation sites (tertiary alicyclic amines) is 1. The number of halogens is 3. The van der Waals surface area contributed by atoms with Crippen LogP contribution in [-0.4, -0.2) is 50.3 Å². The summed E-state index contributed by atoms with van der Waals surface area (Å²) < 4.78 is 18.6. The van der Waals surface area contributed by atoms with Gasteiger partial charge in [-0.2, -0.15) is 0 Å². The molecule has 0 amide bonds. The summed E-state index contributed by atoms with van der Waals surface area (Å²) in [7, 11) is 0. The van der Waals surface area contributed by atoms with Crippen molar-refractivity contribution in [1.29, 1.82) is 0 Å². The van der Waals surface area contributed by atoms with E-state index >= 15 is 0 Å². The van der Waals surface area contributed by atoms with Crippen LogP contribution in [0.3, 0.4) is 0 Å². The Balaban J connectivity index is 0.00000181. The molecule has 2 aromatic rings. The van der Waals surface area contributed by atoms with Crippen LogP contribution in [0.2, 0.25) is 0 Å². The second-order valence-corrected chi connectivity index (χ2v) is 9.46. The largest absolute Gasteiger partial charge is 0.323 e. The maximum atomic E-state index is 14.7. The van der Waals surface area contributed by atoms with Gasteiger partial charge in [-0.25, -0.2) is 4.39 Å². The van der Waals surface area contributed by atoms with E-state index in [0.717, 1.165) is 24.1 Å². The zero-order valence-corrected chi connectivity index (χ0v) is 20.5. The highest BCUT2D eigenvalue weighted by Crippen LogP contribution is 2.40. The first-order valence-corrected chi connectivity index (χ1v) is 11.7. The van der Waals surface area contributed by atoms with E-state index < -0.39 is 6.04 Å². The molecule has 11 heteroatoms. The number of carbonyl (C=O) groups is 2. The lowest BCUT2D eigenvalue weighted by molar-refractivity contribution is -0.126. The number of ketones is 1. The van der Waals surface area contributed by atoms with Crippen molar-refractivity contribution in [3.05, 3.63) is 52.3 Å². The second-order valence-electron chi connectivity index (χ2n) is 7.59. The van der Waals surface area contributed by atoms with Gasteiger partial charge in [0, 0.05) is 35.2 Å². The number of aromatic nitrogens is 2. The van der Waals surface area contributed by atoms with Crippen LogP contribution in [-0.2, 0) is 9.59 Å². The van der Waals surface area contributed by atoms with Gasteiger partial charge < -0.3 is 5.73 Å². The minimum absolute atomic E-state index is 0.